The standard InChI is InChI=1S/C24H25N9O3S/c1-36-23-18(19(13-5-6-13)29-12-30-23)20-28-11-17-22(32-20)33(15-3-2-4-15)24(34)21(31-17)27-9-14-7-8-16(10-26-14)37(25)35/h7-8,10-13,15H,2-6,9,25H2,1H3,(H,27,31). The van der Waals surface area contributed by atoms with E-state index >= 15 is 0 Å². The molecule has 0 amide bonds. The summed E-state index contributed by atoms with van der Waals surface area (Å²) in [5.74, 6) is 1.36. The normalized spacial score (nSPS) is 16.4. The maximum absolute atomic E-state index is 13.6. The Morgan fingerprint density at radius 2 is 1.97 bits per heavy atom. The maximum Gasteiger partial charge on any atom is 0.295 e. The summed E-state index contributed by atoms with van der Waals surface area (Å²) >= 11 is -1.60. The molecule has 6 rings (SSSR count). The van der Waals surface area contributed by atoms with Gasteiger partial charge in [0.2, 0.25) is 5.88 Å². The second kappa shape index (κ2) is 9.65. The number of anilines is 1. The van der Waals surface area contributed by atoms with E-state index in [4.69, 9.17) is 14.9 Å². The summed E-state index contributed by atoms with van der Waals surface area (Å²) in [6.07, 6.45) is 9.51. The Labute approximate surface area is 215 Å². The number of nitrogens with two attached hydrogens (primary N) is 1. The van der Waals surface area contributed by atoms with E-state index in [0.717, 1.165) is 37.8 Å². The summed E-state index contributed by atoms with van der Waals surface area (Å²) in [4.78, 5) is 41.0. The lowest BCUT2D eigenvalue weighted by molar-refractivity contribution is 0.313. The van der Waals surface area contributed by atoms with Crippen molar-refractivity contribution in [1.29, 1.82) is 0 Å². The van der Waals surface area contributed by atoms with Gasteiger partial charge in [0.05, 0.1) is 48.8 Å². The van der Waals surface area contributed by atoms with Gasteiger partial charge in [-0.1, -0.05) is 0 Å². The Morgan fingerprint density at radius 1 is 1.14 bits per heavy atom. The van der Waals surface area contributed by atoms with Crippen LogP contribution in [0.2, 0.25) is 0 Å². The van der Waals surface area contributed by atoms with E-state index < -0.39 is 11.4 Å². The van der Waals surface area contributed by atoms with E-state index in [0.29, 0.717) is 44.9 Å². The fraction of sp³-hybridized carbons (Fsp3) is 0.375. The lowest BCUT2D eigenvalue weighted by Crippen LogP contribution is -2.32. The number of aromatic nitrogens is 7. The highest BCUT2D eigenvalue weighted by molar-refractivity contribution is 7.89. The van der Waals surface area contributed by atoms with E-state index in [1.54, 1.807) is 30.0 Å². The van der Waals surface area contributed by atoms with Gasteiger partial charge in [0.25, 0.3) is 5.56 Å². The minimum absolute atomic E-state index is 0.0371. The molecule has 2 saturated carbocycles. The number of methoxy groups -OCH3 is 1. The van der Waals surface area contributed by atoms with Crippen molar-refractivity contribution in [2.75, 3.05) is 12.4 Å². The van der Waals surface area contributed by atoms with E-state index in [1.807, 2.05) is 0 Å². The van der Waals surface area contributed by atoms with Crippen LogP contribution in [0.5, 0.6) is 5.88 Å². The zero-order valence-corrected chi connectivity index (χ0v) is 20.9. The van der Waals surface area contributed by atoms with Crippen molar-refractivity contribution < 1.29 is 9.29 Å². The molecule has 37 heavy (non-hydrogen) atoms. The first kappa shape index (κ1) is 23.7. The Hall–Kier alpha value is -3.68. The molecular formula is C24H25N9O3S. The second-order valence-corrected chi connectivity index (χ2v) is 10.2. The van der Waals surface area contributed by atoms with Crippen molar-refractivity contribution >= 4 is 28.3 Å². The molecule has 190 valence electrons. The van der Waals surface area contributed by atoms with Gasteiger partial charge in [-0.05, 0) is 44.2 Å². The summed E-state index contributed by atoms with van der Waals surface area (Å²) in [5.41, 5.74) is 2.92. The van der Waals surface area contributed by atoms with Gasteiger partial charge in [-0.15, -0.1) is 5.14 Å². The number of fused-ring (bicyclic) bond motifs is 1. The molecule has 12 nitrogen and oxygen atoms in total. The van der Waals surface area contributed by atoms with E-state index in [9.17, 15) is 9.35 Å². The van der Waals surface area contributed by atoms with Crippen LogP contribution in [0.3, 0.4) is 0 Å². The number of hydrogen-bond acceptors (Lipinski definition) is 11. The summed E-state index contributed by atoms with van der Waals surface area (Å²) in [6.45, 7) is 0.262. The minimum Gasteiger partial charge on any atom is -0.593 e. The number of hydrogen-bond donors (Lipinski definition) is 2. The molecule has 0 aromatic carbocycles. The van der Waals surface area contributed by atoms with Crippen molar-refractivity contribution in [2.24, 2.45) is 5.14 Å². The lowest BCUT2D eigenvalue weighted by Gasteiger charge is -2.28. The molecule has 2 fully saturated rings. The van der Waals surface area contributed by atoms with Crippen LogP contribution in [0.1, 0.15) is 55.5 Å². The first-order valence-electron chi connectivity index (χ1n) is 12.1. The molecule has 1 atom stereocenters. The largest absolute Gasteiger partial charge is 0.593 e. The van der Waals surface area contributed by atoms with E-state index in [-0.39, 0.29) is 24.0 Å². The predicted octanol–water partition coefficient (Wildman–Crippen LogP) is 2.24. The van der Waals surface area contributed by atoms with Gasteiger partial charge < -0.3 is 14.6 Å². The average molecular weight is 520 g/mol. The number of ether oxygens (including phenoxy) is 1. The fourth-order valence-corrected chi connectivity index (χ4v) is 4.80. The first-order valence-corrected chi connectivity index (χ1v) is 13.3. The van der Waals surface area contributed by atoms with Crippen LogP contribution in [0.15, 0.2) is 40.5 Å². The molecule has 4 heterocycles. The van der Waals surface area contributed by atoms with E-state index in [2.05, 4.69) is 30.2 Å². The molecule has 1 unspecified atom stereocenters. The number of nitrogens with one attached hydrogen (secondary N) is 1. The van der Waals surface area contributed by atoms with Crippen molar-refractivity contribution in [3.8, 4) is 17.3 Å². The van der Waals surface area contributed by atoms with Gasteiger partial charge >= 0.3 is 0 Å². The van der Waals surface area contributed by atoms with Crippen LogP contribution in [0.25, 0.3) is 22.6 Å². The highest BCUT2D eigenvalue weighted by Crippen LogP contribution is 2.45. The Bertz CT molecular complexity index is 1520. The first-order chi connectivity index (χ1) is 18.0. The van der Waals surface area contributed by atoms with Crippen molar-refractivity contribution in [3.63, 3.8) is 0 Å². The van der Waals surface area contributed by atoms with Gasteiger partial charge in [-0.2, -0.15) is 0 Å². The minimum atomic E-state index is -1.60. The highest BCUT2D eigenvalue weighted by atomic mass is 32.2. The monoisotopic (exact) mass is 519 g/mol. The molecule has 0 radical (unpaired) electrons. The van der Waals surface area contributed by atoms with Crippen LogP contribution in [0, 0.1) is 0 Å². The van der Waals surface area contributed by atoms with Gasteiger partial charge in [-0.3, -0.25) is 14.3 Å². The summed E-state index contributed by atoms with van der Waals surface area (Å²) in [5, 5.41) is 8.49. The highest BCUT2D eigenvalue weighted by Gasteiger charge is 2.32. The van der Waals surface area contributed by atoms with Crippen LogP contribution in [0.4, 0.5) is 5.82 Å². The van der Waals surface area contributed by atoms with Gasteiger partial charge in [0, 0.05) is 12.0 Å². The Kier molecular flexibility index (Phi) is 6.18. The Balaban J connectivity index is 1.40. The van der Waals surface area contributed by atoms with Crippen LogP contribution >= 0.6 is 0 Å². The van der Waals surface area contributed by atoms with Crippen molar-refractivity contribution in [2.45, 2.75) is 55.5 Å². The SMILES string of the molecule is COc1ncnc(C2CC2)c1-c1ncc2nc(NCc3ccc([S+](N)[O-])cn3)c(=O)n(C3CCC3)c2n1. The fourth-order valence-electron chi connectivity index (χ4n) is 4.44. The third-order valence-electron chi connectivity index (χ3n) is 6.76. The maximum atomic E-state index is 13.6. The zero-order valence-electron chi connectivity index (χ0n) is 20.1. The molecular weight excluding hydrogens is 494 g/mol. The van der Waals surface area contributed by atoms with Gasteiger partial charge in [0.1, 0.15) is 17.4 Å². The molecule has 3 N–H and O–H groups in total. The van der Waals surface area contributed by atoms with Crippen LogP contribution in [-0.2, 0) is 17.9 Å². The summed E-state index contributed by atoms with van der Waals surface area (Å²) < 4.78 is 18.6. The number of nitrogens with zero attached hydrogens (tertiary/aromatic N) is 7. The molecule has 0 aliphatic heterocycles. The molecule has 0 saturated heterocycles. The lowest BCUT2D eigenvalue weighted by atomic mass is 9.93. The third-order valence-corrected chi connectivity index (χ3v) is 7.47. The van der Waals surface area contributed by atoms with Crippen molar-refractivity contribution in [3.05, 3.63) is 52.6 Å². The average Bonchev–Trinajstić information content (AvgIpc) is 3.73. The van der Waals surface area contributed by atoms with Crippen LogP contribution in [-0.4, -0.2) is 46.1 Å². The second-order valence-electron chi connectivity index (χ2n) is 9.18. The topological polar surface area (TPSA) is 170 Å². The molecule has 4 aromatic rings. The quantitative estimate of drug-likeness (QED) is 0.327. The smallest absolute Gasteiger partial charge is 0.295 e. The molecule has 0 spiro atoms. The predicted molar refractivity (Wildman–Crippen MR) is 136 cm³/mol. The number of rotatable bonds is 8. The molecule has 4 aromatic heterocycles. The molecule has 2 aliphatic rings. The third kappa shape index (κ3) is 4.49. The Morgan fingerprint density at radius 3 is 2.62 bits per heavy atom. The zero-order chi connectivity index (χ0) is 25.5. The van der Waals surface area contributed by atoms with Gasteiger partial charge in [0.15, 0.2) is 22.2 Å². The van der Waals surface area contributed by atoms with Crippen molar-refractivity contribution in [1.82, 2.24) is 34.5 Å². The molecule has 13 heteroatoms. The molecule has 2 aliphatic carbocycles. The molecule has 0 bridgehead atoms. The van der Waals surface area contributed by atoms with E-state index in [1.165, 1.54) is 12.5 Å². The van der Waals surface area contributed by atoms with Crippen LogP contribution < -0.4 is 20.8 Å². The number of pyridine rings is 1. The summed E-state index contributed by atoms with van der Waals surface area (Å²) in [7, 11) is 1.56. The summed E-state index contributed by atoms with van der Waals surface area (Å²) in [6, 6.07) is 3.39. The van der Waals surface area contributed by atoms with Gasteiger partial charge in [-0.25, -0.2) is 24.9 Å².